The van der Waals surface area contributed by atoms with Crippen molar-refractivity contribution in [2.24, 2.45) is 5.73 Å². The Hall–Kier alpha value is -1.09. The van der Waals surface area contributed by atoms with Gasteiger partial charge in [0.2, 0.25) is 10.0 Å². The first-order valence-electron chi connectivity index (χ1n) is 5.96. The Balaban J connectivity index is 2.77. The second-order valence-corrected chi connectivity index (χ2v) is 6.31. The largest absolute Gasteiger partial charge is 0.389 e. The fraction of sp³-hybridized carbons (Fsp3) is 0.417. The first-order chi connectivity index (χ1) is 9.38. The van der Waals surface area contributed by atoms with E-state index in [2.05, 4.69) is 16.9 Å². The summed E-state index contributed by atoms with van der Waals surface area (Å²) in [6.45, 7) is 0.856. The van der Waals surface area contributed by atoms with Gasteiger partial charge in [0, 0.05) is 25.8 Å². The van der Waals surface area contributed by atoms with E-state index >= 15 is 0 Å². The Morgan fingerprint density at radius 2 is 2.15 bits per heavy atom. The molecule has 1 aromatic carbocycles. The number of sulfonamides is 1. The van der Waals surface area contributed by atoms with Crippen molar-refractivity contribution in [1.29, 1.82) is 0 Å². The Morgan fingerprint density at radius 3 is 2.75 bits per heavy atom. The maximum Gasteiger partial charge on any atom is 0.240 e. The SMILES string of the molecule is COCCCCNS(=O)(=O)c1ccc(F)c(C(N)=S)c1. The average Bonchev–Trinajstić information content (AvgIpc) is 2.38. The van der Waals surface area contributed by atoms with Crippen molar-refractivity contribution in [2.75, 3.05) is 20.3 Å². The lowest BCUT2D eigenvalue weighted by Gasteiger charge is -2.08. The average molecular weight is 320 g/mol. The summed E-state index contributed by atoms with van der Waals surface area (Å²) in [5, 5.41) is 0. The molecule has 0 aliphatic heterocycles. The number of ether oxygens (including phenoxy) is 1. The van der Waals surface area contributed by atoms with Crippen LogP contribution in [0.15, 0.2) is 23.1 Å². The van der Waals surface area contributed by atoms with Gasteiger partial charge in [0.1, 0.15) is 10.8 Å². The number of nitrogens with two attached hydrogens (primary N) is 1. The van der Waals surface area contributed by atoms with E-state index < -0.39 is 15.8 Å². The molecular formula is C12H17FN2O3S2. The molecule has 0 bridgehead atoms. The van der Waals surface area contributed by atoms with Gasteiger partial charge in [0.15, 0.2) is 0 Å². The van der Waals surface area contributed by atoms with Crippen LogP contribution in [0.25, 0.3) is 0 Å². The van der Waals surface area contributed by atoms with E-state index in [0.717, 1.165) is 18.6 Å². The van der Waals surface area contributed by atoms with Gasteiger partial charge in [-0.15, -0.1) is 0 Å². The van der Waals surface area contributed by atoms with E-state index in [-0.39, 0.29) is 22.0 Å². The van der Waals surface area contributed by atoms with E-state index in [0.29, 0.717) is 13.0 Å². The van der Waals surface area contributed by atoms with Crippen molar-refractivity contribution in [2.45, 2.75) is 17.7 Å². The number of hydrogen-bond acceptors (Lipinski definition) is 4. The van der Waals surface area contributed by atoms with Crippen molar-refractivity contribution in [3.05, 3.63) is 29.6 Å². The van der Waals surface area contributed by atoms with E-state index in [9.17, 15) is 12.8 Å². The Labute approximate surface area is 123 Å². The van der Waals surface area contributed by atoms with Crippen LogP contribution in [-0.4, -0.2) is 33.7 Å². The molecule has 0 amide bonds. The van der Waals surface area contributed by atoms with Crippen molar-refractivity contribution in [3.8, 4) is 0 Å². The van der Waals surface area contributed by atoms with Crippen LogP contribution in [0, 0.1) is 5.82 Å². The summed E-state index contributed by atoms with van der Waals surface area (Å²) in [7, 11) is -2.11. The molecule has 0 saturated heterocycles. The smallest absolute Gasteiger partial charge is 0.240 e. The van der Waals surface area contributed by atoms with E-state index in [1.807, 2.05) is 0 Å². The van der Waals surface area contributed by atoms with E-state index in [1.54, 1.807) is 7.11 Å². The van der Waals surface area contributed by atoms with Gasteiger partial charge in [0.25, 0.3) is 0 Å². The van der Waals surface area contributed by atoms with Gasteiger partial charge in [-0.3, -0.25) is 0 Å². The van der Waals surface area contributed by atoms with Crippen LogP contribution in [-0.2, 0) is 14.8 Å². The standard InChI is InChI=1S/C12H17FN2O3S2/c1-18-7-3-2-6-15-20(16,17)9-4-5-11(13)10(8-9)12(14)19/h4-5,8,15H,2-3,6-7H2,1H3,(H2,14,19). The topological polar surface area (TPSA) is 81.4 Å². The molecule has 0 saturated carbocycles. The van der Waals surface area contributed by atoms with Gasteiger partial charge in [-0.2, -0.15) is 0 Å². The normalized spacial score (nSPS) is 11.5. The summed E-state index contributed by atoms with van der Waals surface area (Å²) in [6, 6.07) is 3.34. The number of thiocarbonyl (C=S) groups is 1. The monoisotopic (exact) mass is 320 g/mol. The molecule has 5 nitrogen and oxygen atoms in total. The van der Waals surface area contributed by atoms with Gasteiger partial charge >= 0.3 is 0 Å². The highest BCUT2D eigenvalue weighted by Crippen LogP contribution is 2.15. The van der Waals surface area contributed by atoms with Crippen LogP contribution in [0.4, 0.5) is 4.39 Å². The maximum atomic E-state index is 13.4. The lowest BCUT2D eigenvalue weighted by molar-refractivity contribution is 0.193. The summed E-state index contributed by atoms with van der Waals surface area (Å²) < 4.78 is 44.7. The van der Waals surface area contributed by atoms with Gasteiger partial charge in [-0.25, -0.2) is 17.5 Å². The fourth-order valence-corrected chi connectivity index (χ4v) is 2.78. The van der Waals surface area contributed by atoms with E-state index in [1.165, 1.54) is 6.07 Å². The molecule has 0 spiro atoms. The zero-order valence-corrected chi connectivity index (χ0v) is 12.7. The number of unbranched alkanes of at least 4 members (excludes halogenated alkanes) is 1. The predicted molar refractivity (Wildman–Crippen MR) is 78.6 cm³/mol. The van der Waals surface area contributed by atoms with Crippen LogP contribution in [0.5, 0.6) is 0 Å². The number of benzene rings is 1. The maximum absolute atomic E-state index is 13.4. The van der Waals surface area contributed by atoms with Crippen LogP contribution in [0.2, 0.25) is 0 Å². The summed E-state index contributed by atoms with van der Waals surface area (Å²) in [5.74, 6) is -0.642. The minimum absolute atomic E-state index is 0.0616. The zero-order valence-electron chi connectivity index (χ0n) is 11.1. The minimum Gasteiger partial charge on any atom is -0.389 e. The molecule has 0 aromatic heterocycles. The molecule has 1 aromatic rings. The summed E-state index contributed by atoms with van der Waals surface area (Å²) in [6.07, 6.45) is 1.40. The van der Waals surface area contributed by atoms with Gasteiger partial charge in [0.05, 0.1) is 4.90 Å². The molecule has 0 aliphatic rings. The molecule has 0 unspecified atom stereocenters. The molecule has 8 heteroatoms. The Kier molecular flexibility index (Phi) is 6.47. The van der Waals surface area contributed by atoms with Crippen LogP contribution in [0.3, 0.4) is 0 Å². The quantitative estimate of drug-likeness (QED) is 0.555. The van der Waals surface area contributed by atoms with Gasteiger partial charge in [-0.05, 0) is 31.0 Å². The number of methoxy groups -OCH3 is 1. The first-order valence-corrected chi connectivity index (χ1v) is 7.85. The summed E-state index contributed by atoms with van der Waals surface area (Å²) in [4.78, 5) is -0.243. The number of halogens is 1. The van der Waals surface area contributed by atoms with Gasteiger partial charge in [-0.1, -0.05) is 12.2 Å². The number of rotatable bonds is 8. The molecule has 0 aliphatic carbocycles. The number of hydrogen-bond donors (Lipinski definition) is 2. The summed E-state index contributed by atoms with van der Waals surface area (Å²) in [5.41, 5.74) is 5.26. The lowest BCUT2D eigenvalue weighted by Crippen LogP contribution is -2.25. The molecule has 0 fully saturated rings. The van der Waals surface area contributed by atoms with E-state index in [4.69, 9.17) is 10.5 Å². The third-order valence-corrected chi connectivity index (χ3v) is 4.26. The molecule has 0 heterocycles. The van der Waals surface area contributed by atoms with Crippen molar-refractivity contribution < 1.29 is 17.5 Å². The van der Waals surface area contributed by atoms with Crippen molar-refractivity contribution in [3.63, 3.8) is 0 Å². The second kappa shape index (κ2) is 7.63. The van der Waals surface area contributed by atoms with Gasteiger partial charge < -0.3 is 10.5 Å². The highest BCUT2D eigenvalue weighted by Gasteiger charge is 2.16. The molecule has 20 heavy (non-hydrogen) atoms. The second-order valence-electron chi connectivity index (χ2n) is 4.10. The Morgan fingerprint density at radius 1 is 1.45 bits per heavy atom. The predicted octanol–water partition coefficient (Wildman–Crippen LogP) is 1.16. The Bertz CT molecular complexity index is 576. The van der Waals surface area contributed by atoms with Crippen molar-refractivity contribution >= 4 is 27.2 Å². The zero-order chi connectivity index (χ0) is 15.2. The summed E-state index contributed by atoms with van der Waals surface area (Å²) >= 11 is 4.68. The number of nitrogens with one attached hydrogen (secondary N) is 1. The molecule has 0 atom stereocenters. The highest BCUT2D eigenvalue weighted by molar-refractivity contribution is 7.89. The molecule has 1 rings (SSSR count). The molecule has 0 radical (unpaired) electrons. The lowest BCUT2D eigenvalue weighted by atomic mass is 10.2. The third kappa shape index (κ3) is 4.78. The molecular weight excluding hydrogens is 303 g/mol. The first kappa shape index (κ1) is 17.0. The van der Waals surface area contributed by atoms with Crippen LogP contribution in [0.1, 0.15) is 18.4 Å². The minimum atomic E-state index is -3.69. The van der Waals surface area contributed by atoms with Crippen LogP contribution < -0.4 is 10.5 Å². The molecule has 112 valence electrons. The van der Waals surface area contributed by atoms with Crippen LogP contribution >= 0.6 is 12.2 Å². The molecule has 3 N–H and O–H groups in total. The highest BCUT2D eigenvalue weighted by atomic mass is 32.2. The fourth-order valence-electron chi connectivity index (χ4n) is 1.52. The van der Waals surface area contributed by atoms with Crippen molar-refractivity contribution in [1.82, 2.24) is 4.72 Å². The third-order valence-electron chi connectivity index (χ3n) is 2.58.